The predicted octanol–water partition coefficient (Wildman–Crippen LogP) is 3.45. The van der Waals surface area contributed by atoms with Crippen LogP contribution in [0.15, 0.2) is 0 Å². The van der Waals surface area contributed by atoms with Crippen LogP contribution in [0.4, 0.5) is 0 Å². The number of hydrogen-bond donors (Lipinski definition) is 1. The zero-order valence-electron chi connectivity index (χ0n) is 11.1. The molecule has 0 amide bonds. The van der Waals surface area contributed by atoms with E-state index < -0.39 is 0 Å². The topological polar surface area (TPSA) is 38.9 Å². The summed E-state index contributed by atoms with van der Waals surface area (Å²) in [7, 11) is 0. The van der Waals surface area contributed by atoms with Crippen molar-refractivity contribution in [2.75, 3.05) is 0 Å². The average Bonchev–Trinajstić information content (AvgIpc) is 2.69. The fraction of sp³-hybridized carbons (Fsp3) is 0.800. The highest BCUT2D eigenvalue weighted by molar-refractivity contribution is 7.11. The molecule has 5 rings (SSSR count). The first kappa shape index (κ1) is 11.4. The third kappa shape index (κ3) is 1.60. The fourth-order valence-corrected chi connectivity index (χ4v) is 6.10. The van der Waals surface area contributed by atoms with E-state index in [2.05, 4.69) is 6.92 Å². The molecule has 3 heteroatoms. The highest BCUT2D eigenvalue weighted by Crippen LogP contribution is 2.60. The van der Waals surface area contributed by atoms with E-state index in [9.17, 15) is 0 Å². The number of hydrogen-bond acceptors (Lipinski definition) is 3. The molecule has 4 fully saturated rings. The molecule has 4 aliphatic rings. The van der Waals surface area contributed by atoms with E-state index in [1.807, 2.05) is 11.3 Å². The van der Waals surface area contributed by atoms with E-state index in [-0.39, 0.29) is 0 Å². The molecule has 0 atom stereocenters. The normalized spacial score (nSPS) is 41.6. The molecular formula is C15H22N2S. The number of nitrogens with zero attached hydrogens (tertiary/aromatic N) is 1. The maximum absolute atomic E-state index is 5.75. The summed E-state index contributed by atoms with van der Waals surface area (Å²) in [4.78, 5) is 6.31. The second kappa shape index (κ2) is 4.04. The van der Waals surface area contributed by atoms with Gasteiger partial charge in [-0.05, 0) is 62.7 Å². The molecule has 4 aliphatic carbocycles. The Labute approximate surface area is 113 Å². The van der Waals surface area contributed by atoms with E-state index in [0.29, 0.717) is 6.54 Å². The lowest BCUT2D eigenvalue weighted by atomic mass is 9.51. The summed E-state index contributed by atoms with van der Waals surface area (Å²) in [6.07, 6.45) is 7.45. The van der Waals surface area contributed by atoms with Crippen molar-refractivity contribution < 1.29 is 0 Å². The molecule has 4 saturated carbocycles. The van der Waals surface area contributed by atoms with Crippen molar-refractivity contribution in [3.05, 3.63) is 15.6 Å². The average molecular weight is 262 g/mol. The molecule has 2 nitrogen and oxygen atoms in total. The second-order valence-electron chi connectivity index (χ2n) is 6.71. The van der Waals surface area contributed by atoms with Crippen LogP contribution in [-0.2, 0) is 6.54 Å². The minimum absolute atomic E-state index is 0.610. The molecule has 0 saturated heterocycles. The highest BCUT2D eigenvalue weighted by atomic mass is 32.1. The van der Waals surface area contributed by atoms with E-state index in [1.54, 1.807) is 0 Å². The molecule has 0 unspecified atom stereocenters. The van der Waals surface area contributed by atoms with E-state index in [4.69, 9.17) is 10.7 Å². The van der Waals surface area contributed by atoms with Gasteiger partial charge in [0, 0.05) is 17.3 Å². The van der Waals surface area contributed by atoms with Crippen LogP contribution in [0.5, 0.6) is 0 Å². The van der Waals surface area contributed by atoms with Gasteiger partial charge in [-0.3, -0.25) is 0 Å². The Kier molecular flexibility index (Phi) is 2.56. The first-order valence-electron chi connectivity index (χ1n) is 7.41. The van der Waals surface area contributed by atoms with Crippen molar-refractivity contribution >= 4 is 11.3 Å². The second-order valence-corrected chi connectivity index (χ2v) is 8.00. The van der Waals surface area contributed by atoms with E-state index in [0.717, 1.165) is 34.6 Å². The van der Waals surface area contributed by atoms with Gasteiger partial charge in [-0.2, -0.15) is 0 Å². The standard InChI is InChI=1S/C15H22N2S/c1-8-15(17-13(7-16)18-8)14-11-3-9-2-10(5-11)6-12(14)4-9/h9-12,14H,2-7,16H2,1H3. The quantitative estimate of drug-likeness (QED) is 0.886. The molecular weight excluding hydrogens is 240 g/mol. The van der Waals surface area contributed by atoms with Gasteiger partial charge in [-0.15, -0.1) is 11.3 Å². The highest BCUT2D eigenvalue weighted by Gasteiger charge is 2.49. The summed E-state index contributed by atoms with van der Waals surface area (Å²) in [5.74, 6) is 4.75. The van der Waals surface area contributed by atoms with Crippen molar-refractivity contribution in [3.63, 3.8) is 0 Å². The summed E-state index contributed by atoms with van der Waals surface area (Å²) in [5, 5.41) is 1.14. The Morgan fingerprint density at radius 3 is 2.22 bits per heavy atom. The summed E-state index contributed by atoms with van der Waals surface area (Å²) < 4.78 is 0. The van der Waals surface area contributed by atoms with Crippen molar-refractivity contribution in [1.82, 2.24) is 4.98 Å². The molecule has 98 valence electrons. The van der Waals surface area contributed by atoms with Gasteiger partial charge >= 0.3 is 0 Å². The Morgan fingerprint density at radius 1 is 1.11 bits per heavy atom. The smallest absolute Gasteiger partial charge is 0.107 e. The minimum Gasteiger partial charge on any atom is -0.325 e. The van der Waals surface area contributed by atoms with Gasteiger partial charge in [0.1, 0.15) is 5.01 Å². The van der Waals surface area contributed by atoms with Crippen LogP contribution in [0.1, 0.15) is 53.6 Å². The molecule has 1 aromatic rings. The molecule has 0 aliphatic heterocycles. The number of aromatic nitrogens is 1. The maximum Gasteiger partial charge on any atom is 0.107 e. The molecule has 0 spiro atoms. The maximum atomic E-state index is 5.75. The Balaban J connectivity index is 1.69. The van der Waals surface area contributed by atoms with Crippen molar-refractivity contribution in [1.29, 1.82) is 0 Å². The Hall–Kier alpha value is -0.410. The van der Waals surface area contributed by atoms with Crippen LogP contribution < -0.4 is 5.73 Å². The van der Waals surface area contributed by atoms with Gasteiger partial charge in [-0.25, -0.2) is 4.98 Å². The number of thiazole rings is 1. The number of nitrogens with two attached hydrogens (primary N) is 1. The third-order valence-electron chi connectivity index (χ3n) is 5.59. The monoisotopic (exact) mass is 262 g/mol. The summed E-state index contributed by atoms with van der Waals surface area (Å²) in [6, 6.07) is 0. The first-order valence-corrected chi connectivity index (χ1v) is 8.22. The van der Waals surface area contributed by atoms with Crippen LogP contribution in [0, 0.1) is 30.6 Å². The van der Waals surface area contributed by atoms with Crippen LogP contribution in [0.3, 0.4) is 0 Å². The SMILES string of the molecule is Cc1sc(CN)nc1C1C2CC3CC(C2)CC1C3. The van der Waals surface area contributed by atoms with Crippen LogP contribution in [-0.4, -0.2) is 4.98 Å². The molecule has 0 radical (unpaired) electrons. The lowest BCUT2D eigenvalue weighted by molar-refractivity contribution is -0.00419. The van der Waals surface area contributed by atoms with Crippen LogP contribution >= 0.6 is 11.3 Å². The Morgan fingerprint density at radius 2 is 1.72 bits per heavy atom. The lowest BCUT2D eigenvalue weighted by Crippen LogP contribution is -2.44. The summed E-state index contributed by atoms with van der Waals surface area (Å²) >= 11 is 1.82. The van der Waals surface area contributed by atoms with E-state index >= 15 is 0 Å². The molecule has 18 heavy (non-hydrogen) atoms. The zero-order chi connectivity index (χ0) is 12.3. The Bertz CT molecular complexity index is 437. The first-order chi connectivity index (χ1) is 8.74. The van der Waals surface area contributed by atoms with Gasteiger partial charge in [0.05, 0.1) is 5.69 Å². The molecule has 0 aromatic carbocycles. The fourth-order valence-electron chi connectivity index (χ4n) is 5.23. The lowest BCUT2D eigenvalue weighted by Gasteiger charge is -2.54. The van der Waals surface area contributed by atoms with Crippen LogP contribution in [0.25, 0.3) is 0 Å². The number of aryl methyl sites for hydroxylation is 1. The van der Waals surface area contributed by atoms with E-state index in [1.165, 1.54) is 42.7 Å². The predicted molar refractivity (Wildman–Crippen MR) is 74.5 cm³/mol. The van der Waals surface area contributed by atoms with Crippen molar-refractivity contribution in [2.24, 2.45) is 29.4 Å². The summed E-state index contributed by atoms with van der Waals surface area (Å²) in [6.45, 7) is 2.86. The van der Waals surface area contributed by atoms with Crippen molar-refractivity contribution in [2.45, 2.75) is 51.5 Å². The van der Waals surface area contributed by atoms with Gasteiger partial charge in [0.15, 0.2) is 0 Å². The van der Waals surface area contributed by atoms with Gasteiger partial charge < -0.3 is 5.73 Å². The molecule has 2 N–H and O–H groups in total. The molecule has 1 heterocycles. The minimum atomic E-state index is 0.610. The molecule has 4 bridgehead atoms. The van der Waals surface area contributed by atoms with Crippen molar-refractivity contribution in [3.8, 4) is 0 Å². The largest absolute Gasteiger partial charge is 0.325 e. The van der Waals surface area contributed by atoms with Gasteiger partial charge in [0.2, 0.25) is 0 Å². The third-order valence-corrected chi connectivity index (χ3v) is 6.60. The zero-order valence-corrected chi connectivity index (χ0v) is 11.9. The van der Waals surface area contributed by atoms with Crippen LogP contribution in [0.2, 0.25) is 0 Å². The number of rotatable bonds is 2. The van der Waals surface area contributed by atoms with Gasteiger partial charge in [-0.1, -0.05) is 0 Å². The summed E-state index contributed by atoms with van der Waals surface area (Å²) in [5.41, 5.74) is 7.18. The molecule has 1 aromatic heterocycles. The van der Waals surface area contributed by atoms with Gasteiger partial charge in [0.25, 0.3) is 0 Å².